The molecule has 0 saturated carbocycles. The van der Waals surface area contributed by atoms with E-state index in [0.29, 0.717) is 19.1 Å². The number of nitrogens with zero attached hydrogens (tertiary/aromatic N) is 1. The van der Waals surface area contributed by atoms with Gasteiger partial charge in [0.15, 0.2) is 5.78 Å². The van der Waals surface area contributed by atoms with Crippen LogP contribution >= 0.6 is 11.3 Å². The van der Waals surface area contributed by atoms with Crippen molar-refractivity contribution >= 4 is 23.2 Å². The Morgan fingerprint density at radius 3 is 2.83 bits per heavy atom. The van der Waals surface area contributed by atoms with Crippen molar-refractivity contribution in [3.8, 4) is 0 Å². The molecular weight excluding hydrogens is 326 g/mol. The second kappa shape index (κ2) is 8.62. The van der Waals surface area contributed by atoms with Crippen LogP contribution in [0.1, 0.15) is 49.7 Å². The molecule has 0 unspecified atom stereocenters. The monoisotopic (exact) mass is 353 g/mol. The second-order valence-corrected chi connectivity index (χ2v) is 8.12. The lowest BCUT2D eigenvalue weighted by atomic mass is 9.95. The first-order chi connectivity index (χ1) is 11.3. The molecule has 0 spiro atoms. The van der Waals surface area contributed by atoms with E-state index in [-0.39, 0.29) is 18.5 Å². The van der Waals surface area contributed by atoms with E-state index in [2.05, 4.69) is 0 Å². The molecule has 24 heavy (non-hydrogen) atoms. The van der Waals surface area contributed by atoms with Crippen LogP contribution in [0.3, 0.4) is 0 Å². The molecule has 2 heterocycles. The number of ketones is 1. The minimum absolute atomic E-state index is 0.0315. The number of piperidine rings is 1. The van der Waals surface area contributed by atoms with Gasteiger partial charge in [-0.25, -0.2) is 4.79 Å². The van der Waals surface area contributed by atoms with Crippen molar-refractivity contribution in [3.05, 3.63) is 22.4 Å². The SMILES string of the molecule is CC(C)(C)OC(=O)N1CCC[C@@H](CCOCC(=O)c2cccs2)C1. The van der Waals surface area contributed by atoms with Gasteiger partial charge in [0.05, 0.1) is 4.88 Å². The lowest BCUT2D eigenvalue weighted by Gasteiger charge is -2.34. The molecule has 134 valence electrons. The molecule has 0 N–H and O–H groups in total. The minimum Gasteiger partial charge on any atom is -0.444 e. The summed E-state index contributed by atoms with van der Waals surface area (Å²) in [5.74, 6) is 0.437. The summed E-state index contributed by atoms with van der Waals surface area (Å²) in [7, 11) is 0. The van der Waals surface area contributed by atoms with Crippen LogP contribution in [0.25, 0.3) is 0 Å². The highest BCUT2D eigenvalue weighted by molar-refractivity contribution is 7.12. The molecule has 1 aliphatic rings. The Morgan fingerprint density at radius 1 is 1.38 bits per heavy atom. The normalized spacial score (nSPS) is 18.5. The lowest BCUT2D eigenvalue weighted by Crippen LogP contribution is -2.43. The number of carbonyl (C=O) groups is 2. The molecule has 1 atom stereocenters. The molecule has 6 heteroatoms. The zero-order valence-corrected chi connectivity index (χ0v) is 15.6. The van der Waals surface area contributed by atoms with Crippen LogP contribution in [0.2, 0.25) is 0 Å². The Labute approximate surface area is 147 Å². The third-order valence-corrected chi connectivity index (χ3v) is 4.78. The summed E-state index contributed by atoms with van der Waals surface area (Å²) in [5, 5.41) is 1.89. The summed E-state index contributed by atoms with van der Waals surface area (Å²) in [4.78, 5) is 26.5. The van der Waals surface area contributed by atoms with Crippen LogP contribution < -0.4 is 0 Å². The van der Waals surface area contributed by atoms with Crippen LogP contribution in [0.4, 0.5) is 4.79 Å². The topological polar surface area (TPSA) is 55.8 Å². The fourth-order valence-corrected chi connectivity index (χ4v) is 3.37. The number of hydrogen-bond donors (Lipinski definition) is 0. The second-order valence-electron chi connectivity index (χ2n) is 7.18. The molecule has 5 nitrogen and oxygen atoms in total. The largest absolute Gasteiger partial charge is 0.444 e. The van der Waals surface area contributed by atoms with Gasteiger partial charge in [0, 0.05) is 19.7 Å². The van der Waals surface area contributed by atoms with E-state index in [1.54, 1.807) is 4.90 Å². The van der Waals surface area contributed by atoms with Gasteiger partial charge in [-0.15, -0.1) is 11.3 Å². The summed E-state index contributed by atoms with van der Waals surface area (Å²) >= 11 is 1.44. The standard InChI is InChI=1S/C18H27NO4S/c1-18(2,3)23-17(21)19-9-4-6-14(12-19)8-10-22-13-15(20)16-7-5-11-24-16/h5,7,11,14H,4,6,8-10,12-13H2,1-3H3/t14-/m0/s1. The van der Waals surface area contributed by atoms with Gasteiger partial charge in [0.2, 0.25) is 0 Å². The predicted molar refractivity (Wildman–Crippen MR) is 94.6 cm³/mol. The third-order valence-electron chi connectivity index (χ3n) is 3.87. The van der Waals surface area contributed by atoms with Gasteiger partial charge in [-0.05, 0) is 57.4 Å². The summed E-state index contributed by atoms with van der Waals surface area (Å²) in [6.45, 7) is 7.77. The summed E-state index contributed by atoms with van der Waals surface area (Å²) in [6.07, 6.45) is 2.69. The van der Waals surface area contributed by atoms with Crippen molar-refractivity contribution in [2.45, 2.75) is 45.6 Å². The molecule has 2 rings (SSSR count). The van der Waals surface area contributed by atoms with Crippen LogP contribution in [0.5, 0.6) is 0 Å². The number of carbonyl (C=O) groups excluding carboxylic acids is 2. The molecule has 1 aromatic heterocycles. The Kier molecular flexibility index (Phi) is 6.80. The van der Waals surface area contributed by atoms with E-state index < -0.39 is 5.60 Å². The zero-order chi connectivity index (χ0) is 17.6. The number of Topliss-reactive ketones (excluding diaryl/α,β-unsaturated/α-hetero) is 1. The first-order valence-electron chi connectivity index (χ1n) is 8.47. The van der Waals surface area contributed by atoms with Gasteiger partial charge in [0.25, 0.3) is 0 Å². The first-order valence-corrected chi connectivity index (χ1v) is 9.35. The quantitative estimate of drug-likeness (QED) is 0.573. The molecular formula is C18H27NO4S. The molecule has 1 saturated heterocycles. The maximum absolute atomic E-state index is 12.1. The fourth-order valence-electron chi connectivity index (χ4n) is 2.72. The maximum Gasteiger partial charge on any atom is 0.410 e. The number of thiophene rings is 1. The number of rotatable bonds is 6. The van der Waals surface area contributed by atoms with Gasteiger partial charge in [0.1, 0.15) is 12.2 Å². The Balaban J connectivity index is 1.67. The highest BCUT2D eigenvalue weighted by Crippen LogP contribution is 2.21. The molecule has 0 aromatic carbocycles. The molecule has 1 amide bonds. The third kappa shape index (κ3) is 6.24. The van der Waals surface area contributed by atoms with Crippen molar-refractivity contribution < 1.29 is 19.1 Å². The van der Waals surface area contributed by atoms with Crippen LogP contribution in [0.15, 0.2) is 17.5 Å². The summed E-state index contributed by atoms with van der Waals surface area (Å²) < 4.78 is 11.0. The average molecular weight is 353 g/mol. The molecule has 1 aliphatic heterocycles. The van der Waals surface area contributed by atoms with Crippen molar-refractivity contribution in [3.63, 3.8) is 0 Å². The van der Waals surface area contributed by atoms with Gasteiger partial charge >= 0.3 is 6.09 Å². The van der Waals surface area contributed by atoms with Crippen LogP contribution in [-0.4, -0.2) is 48.7 Å². The Bertz CT molecular complexity index is 536. The minimum atomic E-state index is -0.463. The fraction of sp³-hybridized carbons (Fsp3) is 0.667. The first kappa shape index (κ1) is 18.9. The maximum atomic E-state index is 12.1. The van der Waals surface area contributed by atoms with E-state index in [1.165, 1.54) is 11.3 Å². The van der Waals surface area contributed by atoms with Crippen molar-refractivity contribution in [2.24, 2.45) is 5.92 Å². The Morgan fingerprint density at radius 2 is 2.17 bits per heavy atom. The molecule has 0 bridgehead atoms. The van der Waals surface area contributed by atoms with Gasteiger partial charge in [-0.2, -0.15) is 0 Å². The molecule has 0 radical (unpaired) electrons. The zero-order valence-electron chi connectivity index (χ0n) is 14.7. The summed E-state index contributed by atoms with van der Waals surface area (Å²) in [6, 6.07) is 3.68. The van der Waals surface area contributed by atoms with E-state index in [1.807, 2.05) is 38.3 Å². The summed E-state index contributed by atoms with van der Waals surface area (Å²) in [5.41, 5.74) is -0.463. The van der Waals surface area contributed by atoms with E-state index in [9.17, 15) is 9.59 Å². The van der Waals surface area contributed by atoms with Crippen LogP contribution in [-0.2, 0) is 9.47 Å². The molecule has 0 aliphatic carbocycles. The average Bonchev–Trinajstić information content (AvgIpc) is 3.04. The number of amides is 1. The van der Waals surface area contributed by atoms with Crippen molar-refractivity contribution in [1.29, 1.82) is 0 Å². The molecule has 1 fully saturated rings. The van der Waals surface area contributed by atoms with E-state index in [4.69, 9.17) is 9.47 Å². The van der Waals surface area contributed by atoms with E-state index in [0.717, 1.165) is 30.7 Å². The Hall–Kier alpha value is -1.40. The lowest BCUT2D eigenvalue weighted by molar-refractivity contribution is 0.0142. The predicted octanol–water partition coefficient (Wildman–Crippen LogP) is 3.98. The van der Waals surface area contributed by atoms with Gasteiger partial charge < -0.3 is 14.4 Å². The molecule has 1 aromatic rings. The van der Waals surface area contributed by atoms with Gasteiger partial charge in [-0.1, -0.05) is 6.07 Å². The van der Waals surface area contributed by atoms with E-state index >= 15 is 0 Å². The smallest absolute Gasteiger partial charge is 0.410 e. The highest BCUT2D eigenvalue weighted by Gasteiger charge is 2.27. The highest BCUT2D eigenvalue weighted by atomic mass is 32.1. The van der Waals surface area contributed by atoms with Gasteiger partial charge in [-0.3, -0.25) is 4.79 Å². The van der Waals surface area contributed by atoms with Crippen molar-refractivity contribution in [2.75, 3.05) is 26.3 Å². The number of likely N-dealkylation sites (tertiary alicyclic amines) is 1. The van der Waals surface area contributed by atoms with Crippen molar-refractivity contribution in [1.82, 2.24) is 4.90 Å². The van der Waals surface area contributed by atoms with Crippen LogP contribution in [0, 0.1) is 5.92 Å². The number of ether oxygens (including phenoxy) is 2. The number of hydrogen-bond acceptors (Lipinski definition) is 5.